The average Bonchev–Trinajstić information content (AvgIpc) is 3.33. The summed E-state index contributed by atoms with van der Waals surface area (Å²) < 4.78 is 50.1. The van der Waals surface area contributed by atoms with E-state index in [1.54, 1.807) is 20.8 Å². The van der Waals surface area contributed by atoms with Crippen LogP contribution in [0.25, 0.3) is 0 Å². The number of dihydropyridines is 1. The first kappa shape index (κ1) is 20.8. The van der Waals surface area contributed by atoms with E-state index in [1.165, 1.54) is 0 Å². The maximum atomic E-state index is 13.1. The fraction of sp³-hybridized carbons (Fsp3) is 0.667. The predicted molar refractivity (Wildman–Crippen MR) is 96.4 cm³/mol. The molecule has 2 aliphatic heterocycles. The third-order valence-corrected chi connectivity index (χ3v) is 5.08. The molecule has 6 nitrogen and oxygen atoms in total. The van der Waals surface area contributed by atoms with Gasteiger partial charge in [-0.2, -0.15) is 18.3 Å². The third kappa shape index (κ3) is 4.09. The third-order valence-electron chi connectivity index (χ3n) is 4.81. The Hall–Kier alpha value is -1.90. The zero-order valence-electron chi connectivity index (χ0n) is 15.8. The average molecular weight is 420 g/mol. The lowest BCUT2D eigenvalue weighted by Gasteiger charge is -2.29. The van der Waals surface area contributed by atoms with E-state index in [-0.39, 0.29) is 29.9 Å². The van der Waals surface area contributed by atoms with Gasteiger partial charge in [-0.25, -0.2) is 4.79 Å². The number of alkyl halides is 3. The van der Waals surface area contributed by atoms with Gasteiger partial charge in [0.25, 0.3) is 0 Å². The monoisotopic (exact) mass is 419 g/mol. The fourth-order valence-electron chi connectivity index (χ4n) is 3.34. The molecule has 1 aliphatic carbocycles. The Bertz CT molecular complexity index is 794. The molecule has 3 aliphatic rings. The molecular formula is C18H21ClF3N3O3. The van der Waals surface area contributed by atoms with Crippen LogP contribution >= 0.6 is 11.6 Å². The highest BCUT2D eigenvalue weighted by Gasteiger charge is 2.56. The van der Waals surface area contributed by atoms with Crippen molar-refractivity contribution in [1.82, 2.24) is 0 Å². The van der Waals surface area contributed by atoms with Crippen molar-refractivity contribution in [2.24, 2.45) is 21.1 Å². The van der Waals surface area contributed by atoms with Crippen molar-refractivity contribution in [2.75, 3.05) is 6.61 Å². The molecule has 0 aromatic rings. The number of halogens is 4. The standard InChI is InChI=1S/C18H21ClF3N3O3/c1-9(18(20,21)22)12-7-11-13(14(19)23-12)27-8-17(11,10-5-6-10)25-24-15(26)28-16(2,3)4/h10,12H,1,5-8H2,2-4H3/t12?,17-/m0/s1. The molecule has 0 aromatic carbocycles. The van der Waals surface area contributed by atoms with Crippen LogP contribution in [-0.4, -0.2) is 41.2 Å². The molecule has 1 amide bonds. The Kier molecular flexibility index (Phi) is 5.10. The smallest absolute Gasteiger partial charge is 0.452 e. The van der Waals surface area contributed by atoms with Crippen molar-refractivity contribution in [3.8, 4) is 0 Å². The van der Waals surface area contributed by atoms with Gasteiger partial charge in [0.05, 0.1) is 11.6 Å². The number of nitrogens with zero attached hydrogens (tertiary/aromatic N) is 3. The zero-order valence-corrected chi connectivity index (χ0v) is 16.5. The summed E-state index contributed by atoms with van der Waals surface area (Å²) in [5.74, 6) is 0.233. The van der Waals surface area contributed by atoms with E-state index >= 15 is 0 Å². The molecule has 28 heavy (non-hydrogen) atoms. The maximum Gasteiger partial charge on any atom is 0.452 e. The first-order valence-electron chi connectivity index (χ1n) is 8.85. The molecule has 10 heteroatoms. The normalized spacial score (nSPS) is 28.1. The Morgan fingerprint density at radius 1 is 1.36 bits per heavy atom. The number of hydrogen-bond donors (Lipinski definition) is 0. The Labute approximate surface area is 165 Å². The van der Waals surface area contributed by atoms with Crippen LogP contribution in [0, 0.1) is 5.92 Å². The summed E-state index contributed by atoms with van der Waals surface area (Å²) >= 11 is 6.10. The van der Waals surface area contributed by atoms with Gasteiger partial charge in [0, 0.05) is 12.0 Å². The van der Waals surface area contributed by atoms with Gasteiger partial charge in [-0.1, -0.05) is 23.3 Å². The number of carbonyl (C=O) groups is 1. The van der Waals surface area contributed by atoms with Crippen LogP contribution in [0.1, 0.15) is 40.0 Å². The van der Waals surface area contributed by atoms with Crippen molar-refractivity contribution in [3.05, 3.63) is 23.5 Å². The summed E-state index contributed by atoms with van der Waals surface area (Å²) in [5, 5.41) is 7.75. The topological polar surface area (TPSA) is 72.6 Å². The maximum absolute atomic E-state index is 13.1. The first-order valence-corrected chi connectivity index (χ1v) is 9.23. The van der Waals surface area contributed by atoms with Crippen molar-refractivity contribution in [2.45, 2.75) is 63.4 Å². The minimum Gasteiger partial charge on any atom is -0.487 e. The highest BCUT2D eigenvalue weighted by molar-refractivity contribution is 6.69. The van der Waals surface area contributed by atoms with Gasteiger partial charge in [-0.15, -0.1) is 0 Å². The van der Waals surface area contributed by atoms with E-state index in [4.69, 9.17) is 21.1 Å². The van der Waals surface area contributed by atoms with Gasteiger partial charge < -0.3 is 9.47 Å². The molecule has 3 rings (SSSR count). The lowest BCUT2D eigenvalue weighted by molar-refractivity contribution is -0.0950. The van der Waals surface area contributed by atoms with E-state index in [0.717, 1.165) is 12.8 Å². The molecule has 154 valence electrons. The molecule has 0 radical (unpaired) electrons. The number of hydrogen-bond acceptors (Lipinski definition) is 5. The van der Waals surface area contributed by atoms with Crippen molar-refractivity contribution in [1.29, 1.82) is 0 Å². The summed E-state index contributed by atoms with van der Waals surface area (Å²) in [5.41, 5.74) is -2.28. The molecule has 2 atom stereocenters. The Morgan fingerprint density at radius 2 is 2.00 bits per heavy atom. The second kappa shape index (κ2) is 6.86. The van der Waals surface area contributed by atoms with Gasteiger partial charge in [0.2, 0.25) is 0 Å². The molecule has 0 aromatic heterocycles. The van der Waals surface area contributed by atoms with Gasteiger partial charge in [-0.05, 0) is 39.5 Å². The largest absolute Gasteiger partial charge is 0.487 e. The van der Waals surface area contributed by atoms with Crippen LogP contribution in [0.15, 0.2) is 38.7 Å². The van der Waals surface area contributed by atoms with Crippen molar-refractivity contribution in [3.63, 3.8) is 0 Å². The van der Waals surface area contributed by atoms with E-state index in [0.29, 0.717) is 5.57 Å². The minimum absolute atomic E-state index is 0.00792. The number of rotatable bonds is 3. The minimum atomic E-state index is -4.59. The first-order chi connectivity index (χ1) is 12.8. The van der Waals surface area contributed by atoms with E-state index in [1.807, 2.05) is 0 Å². The molecule has 0 N–H and O–H groups in total. The number of ether oxygens (including phenoxy) is 2. The molecule has 1 fully saturated rings. The van der Waals surface area contributed by atoms with Crippen LogP contribution < -0.4 is 0 Å². The second-order valence-electron chi connectivity index (χ2n) is 8.14. The Balaban J connectivity index is 1.91. The number of allylic oxidation sites excluding steroid dienone is 1. The van der Waals surface area contributed by atoms with Crippen LogP contribution in [0.4, 0.5) is 18.0 Å². The fourth-order valence-corrected chi connectivity index (χ4v) is 3.63. The predicted octanol–water partition coefficient (Wildman–Crippen LogP) is 5.33. The van der Waals surface area contributed by atoms with Crippen molar-refractivity contribution >= 4 is 22.9 Å². The van der Waals surface area contributed by atoms with Gasteiger partial charge >= 0.3 is 12.3 Å². The highest BCUT2D eigenvalue weighted by Crippen LogP contribution is 2.53. The van der Waals surface area contributed by atoms with Crippen LogP contribution in [0.2, 0.25) is 0 Å². The summed E-state index contributed by atoms with van der Waals surface area (Å²) in [6.07, 6.45) is -3.95. The van der Waals surface area contributed by atoms with Crippen LogP contribution in [-0.2, 0) is 9.47 Å². The van der Waals surface area contributed by atoms with E-state index in [2.05, 4.69) is 21.8 Å². The molecule has 0 bridgehead atoms. The number of carbonyl (C=O) groups excluding carboxylic acids is 1. The van der Waals surface area contributed by atoms with E-state index < -0.39 is 35.0 Å². The number of amides is 1. The summed E-state index contributed by atoms with van der Waals surface area (Å²) in [6.45, 7) is 8.27. The van der Waals surface area contributed by atoms with Gasteiger partial charge in [0.1, 0.15) is 17.7 Å². The second-order valence-corrected chi connectivity index (χ2v) is 8.50. The lowest BCUT2D eigenvalue weighted by Crippen LogP contribution is -2.36. The number of aliphatic imine (C=N–C) groups is 1. The van der Waals surface area contributed by atoms with Gasteiger partial charge in [-0.3, -0.25) is 4.99 Å². The van der Waals surface area contributed by atoms with Crippen LogP contribution in [0.5, 0.6) is 0 Å². The summed E-state index contributed by atoms with van der Waals surface area (Å²) in [6, 6.07) is -1.26. The highest BCUT2D eigenvalue weighted by atomic mass is 35.5. The van der Waals surface area contributed by atoms with Crippen molar-refractivity contribution < 1.29 is 27.4 Å². The van der Waals surface area contributed by atoms with E-state index in [9.17, 15) is 18.0 Å². The summed E-state index contributed by atoms with van der Waals surface area (Å²) in [7, 11) is 0. The molecule has 0 spiro atoms. The molecule has 2 heterocycles. The number of azo groups is 1. The lowest BCUT2D eigenvalue weighted by atomic mass is 9.81. The molecule has 1 unspecified atom stereocenters. The SMILES string of the molecule is C=C(C1CC2=C(OC[C@]2(N=NC(=O)OC(C)(C)C)C2CC2)C(Cl)=N1)C(F)(F)F. The quantitative estimate of drug-likeness (QED) is 0.458. The molecule has 1 saturated carbocycles. The summed E-state index contributed by atoms with van der Waals surface area (Å²) in [4.78, 5) is 15.9. The zero-order chi connectivity index (χ0) is 20.9. The molecular weight excluding hydrogens is 399 g/mol. The Morgan fingerprint density at radius 3 is 2.54 bits per heavy atom. The van der Waals surface area contributed by atoms with Gasteiger partial charge in [0.15, 0.2) is 10.9 Å². The molecule has 0 saturated heterocycles. The van der Waals surface area contributed by atoms with Crippen LogP contribution in [0.3, 0.4) is 0 Å².